The topological polar surface area (TPSA) is 33.0 Å². The predicted molar refractivity (Wildman–Crippen MR) is 84.9 cm³/mol. The molecule has 0 radical (unpaired) electrons. The average molecular weight is 281 g/mol. The number of hydrogen-bond acceptors (Lipinski definition) is 2. The van der Waals surface area contributed by atoms with Crippen LogP contribution in [-0.4, -0.2) is 6.61 Å². The normalized spacial score (nSPS) is 21.0. The van der Waals surface area contributed by atoms with Crippen molar-refractivity contribution in [1.82, 2.24) is 0 Å². The minimum atomic E-state index is 0.414. The Bertz CT molecular complexity index is 521. The Morgan fingerprint density at radius 2 is 1.86 bits per heavy atom. The zero-order valence-electron chi connectivity index (χ0n) is 12.8. The lowest BCUT2D eigenvalue weighted by Crippen LogP contribution is -2.12. The molecule has 0 aromatic heterocycles. The molecule has 0 aliphatic heterocycles. The fraction of sp³-hybridized carbons (Fsp3) is 0.526. The largest absolute Gasteiger partial charge is 0.494 e. The van der Waals surface area contributed by atoms with Gasteiger partial charge in [-0.15, -0.1) is 0 Å². The van der Waals surface area contributed by atoms with Crippen LogP contribution in [0.3, 0.4) is 0 Å². The summed E-state index contributed by atoms with van der Waals surface area (Å²) in [5.41, 5.74) is 1.41. The Morgan fingerprint density at radius 1 is 1.14 bits per heavy atom. The third-order valence-electron chi connectivity index (χ3n) is 4.18. The van der Waals surface area contributed by atoms with Crippen molar-refractivity contribution in [2.45, 2.75) is 51.4 Å². The van der Waals surface area contributed by atoms with Gasteiger partial charge in [0.05, 0.1) is 6.61 Å². The van der Waals surface area contributed by atoms with Gasteiger partial charge < -0.3 is 4.74 Å². The highest BCUT2D eigenvalue weighted by Crippen LogP contribution is 2.35. The summed E-state index contributed by atoms with van der Waals surface area (Å²) in [6.45, 7) is 2.97. The van der Waals surface area contributed by atoms with Crippen molar-refractivity contribution in [3.63, 3.8) is 0 Å². The fourth-order valence-corrected chi connectivity index (χ4v) is 2.88. The van der Waals surface area contributed by atoms with Gasteiger partial charge in [-0.25, -0.2) is 0 Å². The van der Waals surface area contributed by atoms with Gasteiger partial charge in [-0.05, 0) is 55.7 Å². The van der Waals surface area contributed by atoms with Crippen LogP contribution in [0.1, 0.15) is 56.9 Å². The highest BCUT2D eigenvalue weighted by molar-refractivity contribution is 5.30. The highest BCUT2D eigenvalue weighted by Gasteiger charge is 2.21. The second-order valence-corrected chi connectivity index (χ2v) is 5.70. The molecule has 0 N–H and O–H groups in total. The van der Waals surface area contributed by atoms with Crippen molar-refractivity contribution in [2.75, 3.05) is 6.61 Å². The molecule has 1 aliphatic rings. The third-order valence-corrected chi connectivity index (χ3v) is 4.18. The first-order chi connectivity index (χ1) is 10.3. The molecule has 0 heterocycles. The Balaban J connectivity index is 1.85. The van der Waals surface area contributed by atoms with Gasteiger partial charge in [-0.1, -0.05) is 31.4 Å². The first-order valence-corrected chi connectivity index (χ1v) is 7.96. The Hall–Kier alpha value is -1.93. The SMILES string of the molecule is CCCCOc1ccc(C2CCC(C#CC#N)CC2)cc1. The molecule has 21 heavy (non-hydrogen) atoms. The van der Waals surface area contributed by atoms with Crippen molar-refractivity contribution in [3.8, 4) is 23.7 Å². The number of nitrogens with zero attached hydrogens (tertiary/aromatic N) is 1. The van der Waals surface area contributed by atoms with E-state index in [0.29, 0.717) is 11.8 Å². The second-order valence-electron chi connectivity index (χ2n) is 5.70. The molecule has 0 saturated heterocycles. The van der Waals surface area contributed by atoms with Crippen molar-refractivity contribution < 1.29 is 4.74 Å². The van der Waals surface area contributed by atoms with Crippen molar-refractivity contribution >= 4 is 0 Å². The molecule has 0 unspecified atom stereocenters. The maximum absolute atomic E-state index is 8.49. The van der Waals surface area contributed by atoms with Gasteiger partial charge in [0.25, 0.3) is 0 Å². The van der Waals surface area contributed by atoms with Crippen LogP contribution in [0.4, 0.5) is 0 Å². The Morgan fingerprint density at radius 3 is 2.48 bits per heavy atom. The summed E-state index contributed by atoms with van der Waals surface area (Å²) < 4.78 is 5.70. The molecule has 1 saturated carbocycles. The molecule has 1 aliphatic carbocycles. The lowest BCUT2D eigenvalue weighted by Gasteiger charge is -2.26. The number of unbranched alkanes of at least 4 members (excludes halogenated alkanes) is 1. The predicted octanol–water partition coefficient (Wildman–Crippen LogP) is 4.67. The first-order valence-electron chi connectivity index (χ1n) is 7.96. The zero-order chi connectivity index (χ0) is 14.9. The zero-order valence-corrected chi connectivity index (χ0v) is 12.8. The molecular formula is C19H23NO. The van der Waals surface area contributed by atoms with Gasteiger partial charge in [0.1, 0.15) is 5.75 Å². The Kier molecular flexibility index (Phi) is 6.17. The minimum Gasteiger partial charge on any atom is -0.494 e. The van der Waals surface area contributed by atoms with E-state index in [1.165, 1.54) is 18.4 Å². The quantitative estimate of drug-likeness (QED) is 0.580. The van der Waals surface area contributed by atoms with Gasteiger partial charge in [-0.3, -0.25) is 0 Å². The first kappa shape index (κ1) is 15.5. The molecule has 1 aromatic carbocycles. The molecule has 2 nitrogen and oxygen atoms in total. The molecule has 0 atom stereocenters. The number of ether oxygens (including phenoxy) is 1. The van der Waals surface area contributed by atoms with Crippen molar-refractivity contribution in [3.05, 3.63) is 29.8 Å². The van der Waals surface area contributed by atoms with E-state index in [2.05, 4.69) is 43.0 Å². The van der Waals surface area contributed by atoms with Gasteiger partial charge >= 0.3 is 0 Å². The van der Waals surface area contributed by atoms with E-state index in [-0.39, 0.29) is 0 Å². The van der Waals surface area contributed by atoms with Crippen LogP contribution in [0.15, 0.2) is 24.3 Å². The van der Waals surface area contributed by atoms with Gasteiger partial charge in [0, 0.05) is 11.8 Å². The van der Waals surface area contributed by atoms with Crippen LogP contribution in [0.25, 0.3) is 0 Å². The van der Waals surface area contributed by atoms with Crippen LogP contribution in [0.5, 0.6) is 5.75 Å². The van der Waals surface area contributed by atoms with Gasteiger partial charge in [0.2, 0.25) is 0 Å². The summed E-state index contributed by atoms with van der Waals surface area (Å²) in [6.07, 6.45) is 6.81. The standard InChI is InChI=1S/C19H23NO/c1-2-3-15-21-19-12-10-18(11-13-19)17-8-6-16(7-9-17)5-4-14-20/h10-13,16-17H,2-3,6-9,15H2,1H3. The maximum Gasteiger partial charge on any atom is 0.152 e. The smallest absolute Gasteiger partial charge is 0.152 e. The summed E-state index contributed by atoms with van der Waals surface area (Å²) in [7, 11) is 0. The van der Waals surface area contributed by atoms with Crippen molar-refractivity contribution in [2.24, 2.45) is 5.92 Å². The van der Waals surface area contributed by atoms with Crippen molar-refractivity contribution in [1.29, 1.82) is 5.26 Å². The van der Waals surface area contributed by atoms with E-state index >= 15 is 0 Å². The van der Waals surface area contributed by atoms with E-state index in [4.69, 9.17) is 10.00 Å². The van der Waals surface area contributed by atoms with E-state index in [1.54, 1.807) is 0 Å². The summed E-state index contributed by atoms with van der Waals surface area (Å²) >= 11 is 0. The molecule has 0 bridgehead atoms. The van der Waals surface area contributed by atoms with E-state index in [0.717, 1.165) is 38.0 Å². The maximum atomic E-state index is 8.49. The van der Waals surface area contributed by atoms with Gasteiger partial charge in [0.15, 0.2) is 6.07 Å². The molecule has 2 heteroatoms. The molecule has 110 valence electrons. The second kappa shape index (κ2) is 8.38. The van der Waals surface area contributed by atoms with E-state index < -0.39 is 0 Å². The highest BCUT2D eigenvalue weighted by atomic mass is 16.5. The van der Waals surface area contributed by atoms with E-state index in [1.807, 2.05) is 6.07 Å². The molecule has 2 rings (SSSR count). The average Bonchev–Trinajstić information content (AvgIpc) is 2.54. The summed E-state index contributed by atoms with van der Waals surface area (Å²) in [6, 6.07) is 10.5. The monoisotopic (exact) mass is 281 g/mol. The minimum absolute atomic E-state index is 0.414. The lowest BCUT2D eigenvalue weighted by atomic mass is 9.79. The summed E-state index contributed by atoms with van der Waals surface area (Å²) in [5, 5.41) is 8.49. The number of hydrogen-bond donors (Lipinski definition) is 0. The molecule has 1 fully saturated rings. The number of benzene rings is 1. The molecule has 1 aromatic rings. The Labute approximate surface area is 128 Å². The van der Waals surface area contributed by atoms with E-state index in [9.17, 15) is 0 Å². The fourth-order valence-electron chi connectivity index (χ4n) is 2.88. The summed E-state index contributed by atoms with van der Waals surface area (Å²) in [5.74, 6) is 7.61. The number of nitriles is 1. The molecular weight excluding hydrogens is 258 g/mol. The van der Waals surface area contributed by atoms with Crippen LogP contribution >= 0.6 is 0 Å². The summed E-state index contributed by atoms with van der Waals surface area (Å²) in [4.78, 5) is 0. The van der Waals surface area contributed by atoms with Crippen LogP contribution in [-0.2, 0) is 0 Å². The van der Waals surface area contributed by atoms with Crippen LogP contribution in [0, 0.1) is 29.1 Å². The van der Waals surface area contributed by atoms with Crippen LogP contribution < -0.4 is 4.74 Å². The lowest BCUT2D eigenvalue weighted by molar-refractivity contribution is 0.309. The third kappa shape index (κ3) is 4.83. The number of rotatable bonds is 5. The molecule has 0 amide bonds. The van der Waals surface area contributed by atoms with Crippen LogP contribution in [0.2, 0.25) is 0 Å². The van der Waals surface area contributed by atoms with Gasteiger partial charge in [-0.2, -0.15) is 5.26 Å². The molecule has 0 spiro atoms.